The zero-order valence-electron chi connectivity index (χ0n) is 16.1. The number of imidazole rings is 1. The van der Waals surface area contributed by atoms with Gasteiger partial charge in [0.05, 0.1) is 5.52 Å². The number of amides is 2. The summed E-state index contributed by atoms with van der Waals surface area (Å²) in [5.41, 5.74) is 1.73. The van der Waals surface area contributed by atoms with Crippen molar-refractivity contribution in [1.29, 1.82) is 0 Å². The number of hydrogen-bond donors (Lipinski definition) is 2. The smallest absolute Gasteiger partial charge is 0.287 e. The van der Waals surface area contributed by atoms with E-state index in [2.05, 4.69) is 25.5 Å². The van der Waals surface area contributed by atoms with E-state index in [-0.39, 0.29) is 23.3 Å². The van der Waals surface area contributed by atoms with Crippen LogP contribution in [0.3, 0.4) is 0 Å². The Kier molecular flexibility index (Phi) is 6.33. The van der Waals surface area contributed by atoms with E-state index in [1.807, 2.05) is 32.3 Å². The molecule has 8 nitrogen and oxygen atoms in total. The minimum Gasteiger partial charge on any atom is -0.351 e. The first-order valence-electron chi connectivity index (χ1n) is 9.13. The summed E-state index contributed by atoms with van der Waals surface area (Å²) in [6, 6.07) is 9.08. The zero-order valence-corrected chi connectivity index (χ0v) is 16.1. The Balaban J connectivity index is 1.74. The molecule has 2 N–H and O–H groups in total. The number of hydrogen-bond acceptors (Lipinski definition) is 5. The summed E-state index contributed by atoms with van der Waals surface area (Å²) in [6.45, 7) is 1.76. The van der Waals surface area contributed by atoms with Crippen LogP contribution < -0.4 is 10.6 Å². The fraction of sp³-hybridized carbons (Fsp3) is 0.300. The first kappa shape index (κ1) is 19.5. The average Bonchev–Trinajstić information content (AvgIpc) is 3.10. The Morgan fingerprint density at radius 1 is 1.11 bits per heavy atom. The first-order chi connectivity index (χ1) is 13.6. The van der Waals surface area contributed by atoms with E-state index in [4.69, 9.17) is 0 Å². The molecule has 0 aliphatic heterocycles. The fourth-order valence-electron chi connectivity index (χ4n) is 2.81. The molecule has 8 heteroatoms. The van der Waals surface area contributed by atoms with Crippen LogP contribution in [-0.4, -0.2) is 58.3 Å². The van der Waals surface area contributed by atoms with Crippen LogP contribution in [0.25, 0.3) is 5.52 Å². The van der Waals surface area contributed by atoms with Crippen molar-refractivity contribution < 1.29 is 9.59 Å². The van der Waals surface area contributed by atoms with Gasteiger partial charge < -0.3 is 15.5 Å². The lowest BCUT2D eigenvalue weighted by molar-refractivity contribution is 0.0939. The summed E-state index contributed by atoms with van der Waals surface area (Å²) in [4.78, 5) is 35.6. The third-order valence-electron chi connectivity index (χ3n) is 4.21. The Labute approximate surface area is 163 Å². The Morgan fingerprint density at radius 3 is 2.71 bits per heavy atom. The van der Waals surface area contributed by atoms with Gasteiger partial charge in [0.1, 0.15) is 0 Å². The lowest BCUT2D eigenvalue weighted by Crippen LogP contribution is -2.28. The standard InChI is InChI=1S/C20H24N6O2/c1-25(2)11-6-10-22-19(27)17-16-8-3-4-12-26(16)18(24-17)20(28)23-14-15-7-5-9-21-13-15/h3-5,7-9,12-13H,6,10-11,14H2,1-2H3,(H,22,27)(H,23,28). The second kappa shape index (κ2) is 9.09. The van der Waals surface area contributed by atoms with Gasteiger partial charge in [-0.1, -0.05) is 12.1 Å². The van der Waals surface area contributed by atoms with Crippen molar-refractivity contribution in [3.05, 3.63) is 66.0 Å². The van der Waals surface area contributed by atoms with Gasteiger partial charge in [-0.15, -0.1) is 0 Å². The summed E-state index contributed by atoms with van der Waals surface area (Å²) in [5.74, 6) is -0.455. The summed E-state index contributed by atoms with van der Waals surface area (Å²) in [7, 11) is 3.97. The third kappa shape index (κ3) is 4.72. The molecule has 0 saturated heterocycles. The number of fused-ring (bicyclic) bond motifs is 1. The van der Waals surface area contributed by atoms with E-state index in [9.17, 15) is 9.59 Å². The number of rotatable bonds is 8. The van der Waals surface area contributed by atoms with Crippen molar-refractivity contribution in [1.82, 2.24) is 29.9 Å². The van der Waals surface area contributed by atoms with E-state index in [0.717, 1.165) is 18.5 Å². The van der Waals surface area contributed by atoms with Crippen molar-refractivity contribution in [2.45, 2.75) is 13.0 Å². The lowest BCUT2D eigenvalue weighted by Gasteiger charge is -2.09. The topological polar surface area (TPSA) is 91.6 Å². The molecule has 0 bridgehead atoms. The molecule has 3 heterocycles. The normalized spacial score (nSPS) is 11.0. The highest BCUT2D eigenvalue weighted by Gasteiger charge is 2.21. The molecule has 0 spiro atoms. The molecule has 146 valence electrons. The van der Waals surface area contributed by atoms with Crippen LogP contribution in [-0.2, 0) is 6.54 Å². The molecular formula is C20H24N6O2. The maximum Gasteiger partial charge on any atom is 0.287 e. The molecule has 0 saturated carbocycles. The van der Waals surface area contributed by atoms with Gasteiger partial charge in [0.25, 0.3) is 11.8 Å². The van der Waals surface area contributed by atoms with Crippen LogP contribution in [0.2, 0.25) is 0 Å². The van der Waals surface area contributed by atoms with Crippen molar-refractivity contribution in [3.63, 3.8) is 0 Å². The highest BCUT2D eigenvalue weighted by molar-refractivity contribution is 6.02. The highest BCUT2D eigenvalue weighted by atomic mass is 16.2. The van der Waals surface area contributed by atoms with Crippen LogP contribution in [0.15, 0.2) is 48.9 Å². The highest BCUT2D eigenvalue weighted by Crippen LogP contribution is 2.13. The second-order valence-corrected chi connectivity index (χ2v) is 6.70. The van der Waals surface area contributed by atoms with Crippen molar-refractivity contribution in [3.8, 4) is 0 Å². The van der Waals surface area contributed by atoms with E-state index >= 15 is 0 Å². The predicted octanol–water partition coefficient (Wildman–Crippen LogP) is 1.34. The molecule has 2 amide bonds. The molecule has 28 heavy (non-hydrogen) atoms. The largest absolute Gasteiger partial charge is 0.351 e. The minimum absolute atomic E-state index is 0.179. The van der Waals surface area contributed by atoms with Crippen molar-refractivity contribution in [2.75, 3.05) is 27.2 Å². The summed E-state index contributed by atoms with van der Waals surface area (Å²) in [6.07, 6.45) is 5.93. The average molecular weight is 380 g/mol. The summed E-state index contributed by atoms with van der Waals surface area (Å²) in [5, 5.41) is 5.70. The quantitative estimate of drug-likeness (QED) is 0.576. The maximum atomic E-state index is 12.7. The van der Waals surface area contributed by atoms with Crippen molar-refractivity contribution in [2.24, 2.45) is 0 Å². The molecule has 0 radical (unpaired) electrons. The van der Waals surface area contributed by atoms with Gasteiger partial charge in [0.15, 0.2) is 5.69 Å². The number of aromatic nitrogens is 3. The SMILES string of the molecule is CN(C)CCCNC(=O)c1nc(C(=O)NCc2cccnc2)n2ccccc12. The number of nitrogens with zero attached hydrogens (tertiary/aromatic N) is 4. The Bertz CT molecular complexity index is 952. The van der Waals surface area contributed by atoms with Crippen LogP contribution in [0.4, 0.5) is 0 Å². The molecule has 3 aromatic heterocycles. The molecule has 0 aliphatic rings. The predicted molar refractivity (Wildman–Crippen MR) is 106 cm³/mol. The van der Waals surface area contributed by atoms with E-state index < -0.39 is 0 Å². The maximum absolute atomic E-state index is 12.7. The summed E-state index contributed by atoms with van der Waals surface area (Å²) >= 11 is 0. The summed E-state index contributed by atoms with van der Waals surface area (Å²) < 4.78 is 1.63. The monoisotopic (exact) mass is 380 g/mol. The van der Waals surface area contributed by atoms with E-state index in [1.54, 1.807) is 35.1 Å². The second-order valence-electron chi connectivity index (χ2n) is 6.70. The Hall–Kier alpha value is -3.26. The first-order valence-corrected chi connectivity index (χ1v) is 9.13. The van der Waals surface area contributed by atoms with E-state index in [0.29, 0.717) is 18.6 Å². The molecule has 3 rings (SSSR count). The number of nitrogens with one attached hydrogen (secondary N) is 2. The van der Waals surface area contributed by atoms with Crippen LogP contribution >= 0.6 is 0 Å². The van der Waals surface area contributed by atoms with Crippen molar-refractivity contribution >= 4 is 17.3 Å². The molecule has 0 fully saturated rings. The lowest BCUT2D eigenvalue weighted by atomic mass is 10.3. The minimum atomic E-state index is -0.350. The molecule has 3 aromatic rings. The van der Waals surface area contributed by atoms with Gasteiger partial charge in [-0.25, -0.2) is 4.98 Å². The van der Waals surface area contributed by atoms with Gasteiger partial charge in [0.2, 0.25) is 5.82 Å². The van der Waals surface area contributed by atoms with Gasteiger partial charge in [-0.3, -0.25) is 19.0 Å². The number of carbonyl (C=O) groups excluding carboxylic acids is 2. The molecule has 0 aromatic carbocycles. The zero-order chi connectivity index (χ0) is 19.9. The molecule has 0 aliphatic carbocycles. The van der Waals surface area contributed by atoms with Crippen LogP contribution in [0, 0.1) is 0 Å². The van der Waals surface area contributed by atoms with Gasteiger partial charge in [-0.2, -0.15) is 0 Å². The van der Waals surface area contributed by atoms with Gasteiger partial charge in [-0.05, 0) is 50.8 Å². The molecule has 0 atom stereocenters. The molecular weight excluding hydrogens is 356 g/mol. The van der Waals surface area contributed by atoms with Crippen LogP contribution in [0.1, 0.15) is 33.1 Å². The van der Waals surface area contributed by atoms with Gasteiger partial charge >= 0.3 is 0 Å². The van der Waals surface area contributed by atoms with Gasteiger partial charge in [0, 0.05) is 31.7 Å². The van der Waals surface area contributed by atoms with E-state index in [1.165, 1.54) is 0 Å². The fourth-order valence-corrected chi connectivity index (χ4v) is 2.81. The number of pyridine rings is 2. The number of carbonyl (C=O) groups is 2. The third-order valence-corrected chi connectivity index (χ3v) is 4.21. The Morgan fingerprint density at radius 2 is 1.96 bits per heavy atom. The molecule has 0 unspecified atom stereocenters. The van der Waals surface area contributed by atoms with Crippen LogP contribution in [0.5, 0.6) is 0 Å².